The van der Waals surface area contributed by atoms with Crippen LogP contribution in [0.5, 0.6) is 0 Å². The zero-order chi connectivity index (χ0) is 14.7. The van der Waals surface area contributed by atoms with E-state index in [2.05, 4.69) is 15.0 Å². The van der Waals surface area contributed by atoms with Crippen LogP contribution in [0.1, 0.15) is 23.2 Å². The molecule has 1 aliphatic heterocycles. The molecule has 20 heavy (non-hydrogen) atoms. The van der Waals surface area contributed by atoms with E-state index in [0.29, 0.717) is 6.07 Å². The molecule has 1 heterocycles. The van der Waals surface area contributed by atoms with E-state index in [1.54, 1.807) is 0 Å². The van der Waals surface area contributed by atoms with Crippen LogP contribution < -0.4 is 5.32 Å². The summed E-state index contributed by atoms with van der Waals surface area (Å²) >= 11 is 0. The molecular weight excluding hydrogens is 266 g/mol. The zero-order valence-corrected chi connectivity index (χ0v) is 11.6. The second-order valence-corrected chi connectivity index (χ2v) is 5.05. The third kappa shape index (κ3) is 3.25. The minimum atomic E-state index is -0.916. The number of nitrogens with one attached hydrogen (secondary N) is 1. The summed E-state index contributed by atoms with van der Waals surface area (Å²) in [7, 11) is 3.16. The van der Waals surface area contributed by atoms with E-state index < -0.39 is 17.6 Å². The summed E-state index contributed by atoms with van der Waals surface area (Å²) in [5.74, 6) is -2.43. The van der Waals surface area contributed by atoms with E-state index in [0.717, 1.165) is 33.0 Å². The molecule has 0 aromatic heterocycles. The van der Waals surface area contributed by atoms with Gasteiger partial charge in [-0.2, -0.15) is 0 Å². The number of nitrogens with zero attached hydrogens (tertiary/aromatic N) is 1. The molecule has 110 valence electrons. The largest absolute Gasteiger partial charge is 0.465 e. The Kier molecular flexibility index (Phi) is 4.54. The monoisotopic (exact) mass is 284 g/mol. The number of likely N-dealkylation sites (N-methyl/N-ethyl adjacent to an activating group) is 1. The number of anilines is 1. The number of hydrogen-bond donors (Lipinski definition) is 1. The van der Waals surface area contributed by atoms with Crippen molar-refractivity contribution in [1.82, 2.24) is 4.90 Å². The lowest BCUT2D eigenvalue weighted by Gasteiger charge is -2.31. The number of carbonyl (C=O) groups excluding carboxylic acids is 1. The molecule has 6 heteroatoms. The average molecular weight is 284 g/mol. The lowest BCUT2D eigenvalue weighted by atomic mass is 10.1. The second-order valence-electron chi connectivity index (χ2n) is 5.05. The van der Waals surface area contributed by atoms with E-state index in [-0.39, 0.29) is 17.3 Å². The number of methoxy groups -OCH3 is 1. The summed E-state index contributed by atoms with van der Waals surface area (Å²) < 4.78 is 31.8. The van der Waals surface area contributed by atoms with Gasteiger partial charge >= 0.3 is 5.97 Å². The molecule has 0 spiro atoms. The number of carbonyl (C=O) groups is 1. The third-order valence-electron chi connectivity index (χ3n) is 3.45. The Hall–Kier alpha value is -1.69. The standard InChI is InChI=1S/C14H18F2N2O2/c1-18-5-3-4-9(8-18)17-13-6-10(14(19)20-2)11(15)7-12(13)16/h6-7,9,17H,3-5,8H2,1-2H3. The smallest absolute Gasteiger partial charge is 0.340 e. The Morgan fingerprint density at radius 3 is 2.80 bits per heavy atom. The molecule has 0 radical (unpaired) electrons. The van der Waals surface area contributed by atoms with Crippen molar-refractivity contribution in [1.29, 1.82) is 0 Å². The molecule has 2 rings (SSSR count). The number of rotatable bonds is 3. The van der Waals surface area contributed by atoms with Gasteiger partial charge in [0.25, 0.3) is 0 Å². The Morgan fingerprint density at radius 1 is 1.40 bits per heavy atom. The summed E-state index contributed by atoms with van der Waals surface area (Å²) in [5.41, 5.74) is -0.132. The fourth-order valence-electron chi connectivity index (χ4n) is 2.43. The summed E-state index contributed by atoms with van der Waals surface area (Å²) in [5, 5.41) is 3.04. The van der Waals surface area contributed by atoms with Gasteiger partial charge in [0.05, 0.1) is 18.4 Å². The maximum atomic E-state index is 13.8. The highest BCUT2D eigenvalue weighted by atomic mass is 19.1. The number of esters is 1. The summed E-state index contributed by atoms with van der Waals surface area (Å²) in [4.78, 5) is 13.6. The summed E-state index contributed by atoms with van der Waals surface area (Å²) in [6, 6.07) is 1.96. The molecule has 0 amide bonds. The van der Waals surface area contributed by atoms with Crippen LogP contribution >= 0.6 is 0 Å². The van der Waals surface area contributed by atoms with Crippen LogP contribution in [0.2, 0.25) is 0 Å². The van der Waals surface area contributed by atoms with Gasteiger partial charge in [-0.1, -0.05) is 0 Å². The maximum absolute atomic E-state index is 13.8. The van der Waals surface area contributed by atoms with Crippen molar-refractivity contribution in [2.24, 2.45) is 0 Å². The van der Waals surface area contributed by atoms with Crippen molar-refractivity contribution in [3.63, 3.8) is 0 Å². The van der Waals surface area contributed by atoms with Crippen molar-refractivity contribution in [3.8, 4) is 0 Å². The molecule has 1 aromatic rings. The minimum absolute atomic E-state index is 0.0826. The van der Waals surface area contributed by atoms with E-state index in [1.165, 1.54) is 6.07 Å². The van der Waals surface area contributed by atoms with Gasteiger partial charge in [-0.25, -0.2) is 13.6 Å². The van der Waals surface area contributed by atoms with E-state index in [1.807, 2.05) is 7.05 Å². The number of benzene rings is 1. The topological polar surface area (TPSA) is 41.6 Å². The molecule has 1 unspecified atom stereocenters. The van der Waals surface area contributed by atoms with E-state index >= 15 is 0 Å². The Bertz CT molecular complexity index is 508. The van der Waals surface area contributed by atoms with Gasteiger partial charge in [0.1, 0.15) is 11.6 Å². The van der Waals surface area contributed by atoms with Crippen molar-refractivity contribution in [2.75, 3.05) is 32.6 Å². The third-order valence-corrected chi connectivity index (χ3v) is 3.45. The van der Waals surface area contributed by atoms with Crippen LogP contribution in [0.3, 0.4) is 0 Å². The zero-order valence-electron chi connectivity index (χ0n) is 11.6. The SMILES string of the molecule is COC(=O)c1cc(NC2CCCN(C)C2)c(F)cc1F. The van der Waals surface area contributed by atoms with Crippen LogP contribution in [-0.2, 0) is 4.74 Å². The Balaban J connectivity index is 2.20. The molecule has 1 aliphatic rings. The molecule has 4 nitrogen and oxygen atoms in total. The number of ether oxygens (including phenoxy) is 1. The normalized spacial score (nSPS) is 19.7. The highest BCUT2D eigenvalue weighted by Gasteiger charge is 2.21. The molecule has 0 bridgehead atoms. The van der Waals surface area contributed by atoms with Crippen molar-refractivity contribution in [3.05, 3.63) is 29.3 Å². The molecule has 0 saturated carbocycles. The van der Waals surface area contributed by atoms with Crippen molar-refractivity contribution >= 4 is 11.7 Å². The first-order valence-electron chi connectivity index (χ1n) is 6.53. The van der Waals surface area contributed by atoms with Crippen molar-refractivity contribution in [2.45, 2.75) is 18.9 Å². The first-order chi connectivity index (χ1) is 9.51. The highest BCUT2D eigenvalue weighted by Crippen LogP contribution is 2.23. The molecule has 1 aromatic carbocycles. The molecular formula is C14H18F2N2O2. The number of piperidine rings is 1. The van der Waals surface area contributed by atoms with Gasteiger partial charge in [-0.15, -0.1) is 0 Å². The predicted octanol–water partition coefficient (Wildman–Crippen LogP) is 2.26. The number of halogens is 2. The van der Waals surface area contributed by atoms with Crippen LogP contribution in [0.25, 0.3) is 0 Å². The van der Waals surface area contributed by atoms with Gasteiger partial charge in [-0.05, 0) is 32.5 Å². The predicted molar refractivity (Wildman–Crippen MR) is 71.8 cm³/mol. The van der Waals surface area contributed by atoms with Gasteiger partial charge in [0.15, 0.2) is 0 Å². The van der Waals surface area contributed by atoms with Gasteiger partial charge < -0.3 is 15.0 Å². The van der Waals surface area contributed by atoms with Crippen LogP contribution in [0.4, 0.5) is 14.5 Å². The fraction of sp³-hybridized carbons (Fsp3) is 0.500. The van der Waals surface area contributed by atoms with Crippen LogP contribution in [0.15, 0.2) is 12.1 Å². The van der Waals surface area contributed by atoms with Gasteiger partial charge in [0, 0.05) is 18.7 Å². The number of likely N-dealkylation sites (tertiary alicyclic amines) is 1. The first-order valence-corrected chi connectivity index (χ1v) is 6.53. The first kappa shape index (κ1) is 14.7. The number of hydrogen-bond acceptors (Lipinski definition) is 4. The molecule has 1 saturated heterocycles. The average Bonchev–Trinajstić information content (AvgIpc) is 2.41. The van der Waals surface area contributed by atoms with Crippen LogP contribution in [0, 0.1) is 11.6 Å². The quantitative estimate of drug-likeness (QED) is 0.865. The maximum Gasteiger partial charge on any atom is 0.340 e. The lowest BCUT2D eigenvalue weighted by Crippen LogP contribution is -2.39. The molecule has 1 fully saturated rings. The highest BCUT2D eigenvalue weighted by molar-refractivity contribution is 5.90. The van der Waals surface area contributed by atoms with E-state index in [4.69, 9.17) is 0 Å². The Labute approximate surface area is 116 Å². The lowest BCUT2D eigenvalue weighted by molar-refractivity contribution is 0.0595. The molecule has 0 aliphatic carbocycles. The van der Waals surface area contributed by atoms with Gasteiger partial charge in [0.2, 0.25) is 0 Å². The van der Waals surface area contributed by atoms with Crippen LogP contribution in [-0.4, -0.2) is 44.2 Å². The van der Waals surface area contributed by atoms with Gasteiger partial charge in [-0.3, -0.25) is 0 Å². The van der Waals surface area contributed by atoms with E-state index in [9.17, 15) is 13.6 Å². The minimum Gasteiger partial charge on any atom is -0.465 e. The molecule has 1 N–H and O–H groups in total. The summed E-state index contributed by atoms with van der Waals surface area (Å²) in [6.45, 7) is 1.79. The molecule has 1 atom stereocenters. The summed E-state index contributed by atoms with van der Waals surface area (Å²) in [6.07, 6.45) is 1.93. The fourth-order valence-corrected chi connectivity index (χ4v) is 2.43. The van der Waals surface area contributed by atoms with Crippen molar-refractivity contribution < 1.29 is 18.3 Å². The Morgan fingerprint density at radius 2 is 2.15 bits per heavy atom. The second kappa shape index (κ2) is 6.17.